The average molecular weight is 288 g/mol. The highest BCUT2D eigenvalue weighted by atomic mass is 32.2. The van der Waals surface area contributed by atoms with Crippen LogP contribution in [0.1, 0.15) is 18.4 Å². The number of unbranched alkanes of at least 4 members (excludes halogenated alkanes) is 1. The van der Waals surface area contributed by atoms with E-state index in [0.29, 0.717) is 17.8 Å². The molecule has 1 rings (SSSR count). The number of anilines is 1. The molecule has 0 radical (unpaired) electrons. The summed E-state index contributed by atoms with van der Waals surface area (Å²) in [7, 11) is -3.28. The van der Waals surface area contributed by atoms with Gasteiger partial charge in [-0.2, -0.15) is 11.8 Å². The molecule has 18 heavy (non-hydrogen) atoms. The van der Waals surface area contributed by atoms with E-state index < -0.39 is 10.0 Å². The third-order valence-electron chi connectivity index (χ3n) is 2.50. The zero-order chi connectivity index (χ0) is 13.4. The van der Waals surface area contributed by atoms with Crippen LogP contribution in [-0.4, -0.2) is 27.0 Å². The molecular formula is C12H20N2O2S2. The Balaban J connectivity index is 2.43. The Morgan fingerprint density at radius 1 is 1.28 bits per heavy atom. The van der Waals surface area contributed by atoms with Crippen LogP contribution in [0.2, 0.25) is 0 Å². The van der Waals surface area contributed by atoms with Crippen molar-refractivity contribution in [3.8, 4) is 0 Å². The molecule has 6 heteroatoms. The predicted octanol–water partition coefficient (Wildman–Crippen LogP) is 1.83. The van der Waals surface area contributed by atoms with Crippen LogP contribution in [0.5, 0.6) is 0 Å². The maximum atomic E-state index is 11.8. The number of nitrogen functional groups attached to an aromatic ring is 1. The predicted molar refractivity (Wildman–Crippen MR) is 79.1 cm³/mol. The first-order valence-corrected chi connectivity index (χ1v) is 8.89. The summed E-state index contributed by atoms with van der Waals surface area (Å²) in [5.41, 5.74) is 6.89. The van der Waals surface area contributed by atoms with Gasteiger partial charge in [0.1, 0.15) is 0 Å². The molecule has 0 amide bonds. The highest BCUT2D eigenvalue weighted by molar-refractivity contribution is 7.98. The van der Waals surface area contributed by atoms with Gasteiger partial charge in [0.15, 0.2) is 0 Å². The van der Waals surface area contributed by atoms with Gasteiger partial charge in [-0.15, -0.1) is 0 Å². The minimum atomic E-state index is -3.28. The fourth-order valence-corrected chi connectivity index (χ4v) is 3.24. The first-order valence-electron chi connectivity index (χ1n) is 5.85. The van der Waals surface area contributed by atoms with Gasteiger partial charge in [-0.25, -0.2) is 13.1 Å². The fraction of sp³-hybridized carbons (Fsp3) is 0.500. The fourth-order valence-electron chi connectivity index (χ4n) is 1.52. The van der Waals surface area contributed by atoms with Crippen LogP contribution < -0.4 is 10.5 Å². The Morgan fingerprint density at radius 2 is 2.00 bits per heavy atom. The first-order chi connectivity index (χ1) is 8.55. The number of hydrogen-bond acceptors (Lipinski definition) is 4. The van der Waals surface area contributed by atoms with Crippen molar-refractivity contribution in [1.82, 2.24) is 4.72 Å². The summed E-state index contributed by atoms with van der Waals surface area (Å²) >= 11 is 1.77. The second-order valence-electron chi connectivity index (χ2n) is 4.05. The van der Waals surface area contributed by atoms with E-state index in [1.165, 1.54) is 0 Å². The van der Waals surface area contributed by atoms with Gasteiger partial charge < -0.3 is 5.73 Å². The van der Waals surface area contributed by atoms with Crippen molar-refractivity contribution in [2.45, 2.75) is 18.6 Å². The van der Waals surface area contributed by atoms with Crippen molar-refractivity contribution >= 4 is 27.5 Å². The lowest BCUT2D eigenvalue weighted by molar-refractivity contribution is 0.578. The van der Waals surface area contributed by atoms with Crippen molar-refractivity contribution in [2.75, 3.05) is 24.3 Å². The van der Waals surface area contributed by atoms with Crippen LogP contribution in [-0.2, 0) is 15.8 Å². The highest BCUT2D eigenvalue weighted by Crippen LogP contribution is 2.13. The van der Waals surface area contributed by atoms with Gasteiger partial charge in [0.05, 0.1) is 5.75 Å². The summed E-state index contributed by atoms with van der Waals surface area (Å²) in [6.07, 6.45) is 3.93. The molecule has 0 aromatic heterocycles. The van der Waals surface area contributed by atoms with Gasteiger partial charge in [0.25, 0.3) is 0 Å². The second kappa shape index (κ2) is 7.66. The molecular weight excluding hydrogens is 268 g/mol. The van der Waals surface area contributed by atoms with E-state index in [-0.39, 0.29) is 5.75 Å². The largest absolute Gasteiger partial charge is 0.398 e. The lowest BCUT2D eigenvalue weighted by Gasteiger charge is -2.08. The molecule has 102 valence electrons. The zero-order valence-corrected chi connectivity index (χ0v) is 12.2. The number of hydrogen-bond donors (Lipinski definition) is 2. The molecule has 0 spiro atoms. The van der Waals surface area contributed by atoms with Gasteiger partial charge in [-0.3, -0.25) is 0 Å². The Labute approximate surface area is 113 Å². The quantitative estimate of drug-likeness (QED) is 0.565. The standard InChI is InChI=1S/C12H20N2O2S2/c1-17-9-5-4-8-14-18(15,16)10-11-6-2-3-7-12(11)13/h2-3,6-7,14H,4-5,8-10,13H2,1H3. The van der Waals surface area contributed by atoms with E-state index >= 15 is 0 Å². The summed E-state index contributed by atoms with van der Waals surface area (Å²) in [5, 5.41) is 0. The molecule has 0 fully saturated rings. The number of nitrogens with one attached hydrogen (secondary N) is 1. The van der Waals surface area contributed by atoms with Crippen LogP contribution >= 0.6 is 11.8 Å². The number of rotatable bonds is 8. The summed E-state index contributed by atoms with van der Waals surface area (Å²) in [6.45, 7) is 0.496. The van der Waals surface area contributed by atoms with Crippen molar-refractivity contribution in [3.05, 3.63) is 29.8 Å². The topological polar surface area (TPSA) is 72.2 Å². The monoisotopic (exact) mass is 288 g/mol. The molecule has 0 aliphatic heterocycles. The van der Waals surface area contributed by atoms with E-state index in [9.17, 15) is 8.42 Å². The molecule has 0 atom stereocenters. The number of thioether (sulfide) groups is 1. The molecule has 0 heterocycles. The number of benzene rings is 1. The molecule has 4 nitrogen and oxygen atoms in total. The molecule has 1 aromatic carbocycles. The smallest absolute Gasteiger partial charge is 0.215 e. The van der Waals surface area contributed by atoms with Gasteiger partial charge >= 0.3 is 0 Å². The molecule has 3 N–H and O–H groups in total. The van der Waals surface area contributed by atoms with Gasteiger partial charge in [0.2, 0.25) is 10.0 Å². The molecule has 0 aliphatic rings. The molecule has 1 aromatic rings. The minimum Gasteiger partial charge on any atom is -0.398 e. The van der Waals surface area contributed by atoms with E-state index in [1.54, 1.807) is 36.0 Å². The maximum absolute atomic E-state index is 11.8. The second-order valence-corrected chi connectivity index (χ2v) is 6.84. The van der Waals surface area contributed by atoms with Crippen LogP contribution in [0.25, 0.3) is 0 Å². The Kier molecular flexibility index (Phi) is 6.52. The van der Waals surface area contributed by atoms with Gasteiger partial charge in [-0.05, 0) is 36.5 Å². The molecule has 0 aliphatic carbocycles. The maximum Gasteiger partial charge on any atom is 0.215 e. The Morgan fingerprint density at radius 3 is 2.67 bits per heavy atom. The van der Waals surface area contributed by atoms with Crippen molar-refractivity contribution in [2.24, 2.45) is 0 Å². The van der Waals surface area contributed by atoms with Crippen molar-refractivity contribution < 1.29 is 8.42 Å². The highest BCUT2D eigenvalue weighted by Gasteiger charge is 2.12. The van der Waals surface area contributed by atoms with E-state index in [4.69, 9.17) is 5.73 Å². The molecule has 0 unspecified atom stereocenters. The molecule has 0 saturated heterocycles. The first kappa shape index (κ1) is 15.3. The van der Waals surface area contributed by atoms with E-state index in [0.717, 1.165) is 18.6 Å². The van der Waals surface area contributed by atoms with Crippen LogP contribution in [0, 0.1) is 0 Å². The third kappa shape index (κ3) is 5.75. The summed E-state index contributed by atoms with van der Waals surface area (Å²) in [5.74, 6) is 1.01. The number of sulfonamides is 1. The van der Waals surface area contributed by atoms with Crippen LogP contribution in [0.3, 0.4) is 0 Å². The van der Waals surface area contributed by atoms with Crippen LogP contribution in [0.15, 0.2) is 24.3 Å². The normalized spacial score (nSPS) is 11.6. The van der Waals surface area contributed by atoms with Gasteiger partial charge in [0, 0.05) is 12.2 Å². The minimum absolute atomic E-state index is 0.0534. The third-order valence-corrected chi connectivity index (χ3v) is 4.53. The van der Waals surface area contributed by atoms with Crippen LogP contribution in [0.4, 0.5) is 5.69 Å². The molecule has 0 bridgehead atoms. The average Bonchev–Trinajstić information content (AvgIpc) is 2.31. The summed E-state index contributed by atoms with van der Waals surface area (Å²) in [6, 6.07) is 7.03. The zero-order valence-electron chi connectivity index (χ0n) is 10.6. The SMILES string of the molecule is CSCCCCNS(=O)(=O)Cc1ccccc1N. The van der Waals surface area contributed by atoms with Crippen molar-refractivity contribution in [3.63, 3.8) is 0 Å². The molecule has 0 saturated carbocycles. The van der Waals surface area contributed by atoms with Gasteiger partial charge in [-0.1, -0.05) is 18.2 Å². The summed E-state index contributed by atoms with van der Waals surface area (Å²) < 4.78 is 26.2. The summed E-state index contributed by atoms with van der Waals surface area (Å²) in [4.78, 5) is 0. The Bertz CT molecular complexity index is 461. The lowest BCUT2D eigenvalue weighted by Crippen LogP contribution is -2.26. The van der Waals surface area contributed by atoms with Crippen molar-refractivity contribution in [1.29, 1.82) is 0 Å². The number of para-hydroxylation sites is 1. The van der Waals surface area contributed by atoms with E-state index in [2.05, 4.69) is 4.72 Å². The number of nitrogens with two attached hydrogens (primary N) is 1. The van der Waals surface area contributed by atoms with E-state index in [1.807, 2.05) is 6.26 Å². The Hall–Kier alpha value is -0.720. The lowest BCUT2D eigenvalue weighted by atomic mass is 10.2.